The summed E-state index contributed by atoms with van der Waals surface area (Å²) in [5.41, 5.74) is 2.74. The Kier molecular flexibility index (Phi) is 7.59. The quantitative estimate of drug-likeness (QED) is 0.114. The van der Waals surface area contributed by atoms with Crippen molar-refractivity contribution in [3.8, 4) is 0 Å². The van der Waals surface area contributed by atoms with E-state index in [4.69, 9.17) is 11.6 Å². The molecule has 1 aliphatic rings. The fourth-order valence-corrected chi connectivity index (χ4v) is 6.17. The topological polar surface area (TPSA) is 110 Å². The van der Waals surface area contributed by atoms with Crippen molar-refractivity contribution in [1.29, 1.82) is 0 Å². The maximum absolute atomic E-state index is 13.3. The monoisotopic (exact) mass is 549 g/mol. The zero-order valence-corrected chi connectivity index (χ0v) is 21.8. The van der Waals surface area contributed by atoms with Gasteiger partial charge in [-0.2, -0.15) is 0 Å². The number of carbonyl (C=O) groups excluding carboxylic acids is 1. The Morgan fingerprint density at radius 2 is 1.89 bits per heavy atom. The Morgan fingerprint density at radius 1 is 1.14 bits per heavy atom. The number of hydrogen-bond acceptors (Lipinski definition) is 8. The number of amides is 1. The summed E-state index contributed by atoms with van der Waals surface area (Å²) < 4.78 is 0. The van der Waals surface area contributed by atoms with Gasteiger partial charge in [0.05, 0.1) is 15.4 Å². The minimum absolute atomic E-state index is 0.0624. The van der Waals surface area contributed by atoms with Gasteiger partial charge in [-0.15, -0.1) is 11.3 Å². The number of nitro benzene ring substituents is 1. The molecule has 0 saturated carbocycles. The fourth-order valence-electron chi connectivity index (χ4n) is 4.02. The van der Waals surface area contributed by atoms with Crippen LogP contribution in [0.2, 0.25) is 5.02 Å². The molecule has 0 radical (unpaired) electrons. The Bertz CT molecular complexity index is 1490. The average Bonchev–Trinajstić information content (AvgIpc) is 3.28. The number of thiophene rings is 1. The predicted molar refractivity (Wildman–Crippen MR) is 147 cm³/mol. The first-order valence-corrected chi connectivity index (χ1v) is 13.5. The highest BCUT2D eigenvalue weighted by molar-refractivity contribution is 7.99. The number of carbonyl (C=O) groups is 1. The van der Waals surface area contributed by atoms with Crippen molar-refractivity contribution in [2.45, 2.75) is 35.7 Å². The van der Waals surface area contributed by atoms with Crippen LogP contribution in [0.25, 0.3) is 0 Å². The van der Waals surface area contributed by atoms with Crippen molar-refractivity contribution in [2.75, 3.05) is 5.32 Å². The van der Waals surface area contributed by atoms with E-state index < -0.39 is 4.92 Å². The van der Waals surface area contributed by atoms with Crippen LogP contribution < -0.4 is 5.32 Å². The minimum atomic E-state index is -0.433. The molecule has 1 aliphatic carbocycles. The number of anilines is 1. The van der Waals surface area contributed by atoms with Gasteiger partial charge < -0.3 is 5.32 Å². The molecule has 0 saturated heterocycles. The molecule has 4 aromatic rings. The first-order valence-electron chi connectivity index (χ1n) is 11.5. The van der Waals surface area contributed by atoms with E-state index in [9.17, 15) is 14.9 Å². The van der Waals surface area contributed by atoms with Gasteiger partial charge in [0.15, 0.2) is 5.16 Å². The van der Waals surface area contributed by atoms with E-state index in [1.54, 1.807) is 61.1 Å². The van der Waals surface area contributed by atoms with Crippen LogP contribution in [-0.4, -0.2) is 27.0 Å². The Balaban J connectivity index is 1.44. The molecule has 0 fully saturated rings. The van der Waals surface area contributed by atoms with Crippen molar-refractivity contribution >= 4 is 63.2 Å². The third-order valence-electron chi connectivity index (χ3n) is 5.74. The summed E-state index contributed by atoms with van der Waals surface area (Å²) in [5.74, 6) is -0.227. The molecular formula is C26H20ClN5O3S2. The molecule has 0 atom stereocenters. The third kappa shape index (κ3) is 5.87. The molecular weight excluding hydrogens is 530 g/mol. The predicted octanol–water partition coefficient (Wildman–Crippen LogP) is 7.13. The van der Waals surface area contributed by atoms with Crippen molar-refractivity contribution < 1.29 is 9.72 Å². The molecule has 0 spiro atoms. The molecule has 0 bridgehead atoms. The van der Waals surface area contributed by atoms with E-state index in [2.05, 4.69) is 20.3 Å². The average molecular weight is 550 g/mol. The normalized spacial score (nSPS) is 12.9. The van der Waals surface area contributed by atoms with E-state index in [0.717, 1.165) is 43.0 Å². The number of benzene rings is 2. The highest BCUT2D eigenvalue weighted by atomic mass is 35.5. The number of rotatable bonds is 7. The van der Waals surface area contributed by atoms with E-state index in [1.165, 1.54) is 22.3 Å². The first-order chi connectivity index (χ1) is 18.0. The number of aromatic nitrogens is 2. The molecule has 2 aromatic heterocycles. The SMILES string of the molecule is O=C(Nc1ccc(Cl)cc1)c1c(N=Cc2ccc(Sc3ncccn3)c([N+](=O)[O-])c2)sc2c1CCCC2. The zero-order chi connectivity index (χ0) is 25.8. The number of nitrogens with zero attached hydrogens (tertiary/aromatic N) is 4. The van der Waals surface area contributed by atoms with Gasteiger partial charge in [-0.05, 0) is 85.0 Å². The molecule has 1 amide bonds. The van der Waals surface area contributed by atoms with Crippen LogP contribution in [0.1, 0.15) is 39.2 Å². The highest BCUT2D eigenvalue weighted by Crippen LogP contribution is 2.40. The van der Waals surface area contributed by atoms with Gasteiger partial charge in [-0.1, -0.05) is 17.7 Å². The van der Waals surface area contributed by atoms with Crippen molar-refractivity contribution in [3.05, 3.63) is 97.6 Å². The molecule has 186 valence electrons. The van der Waals surface area contributed by atoms with Crippen molar-refractivity contribution in [1.82, 2.24) is 9.97 Å². The van der Waals surface area contributed by atoms with Crippen LogP contribution in [0.5, 0.6) is 0 Å². The lowest BCUT2D eigenvalue weighted by Crippen LogP contribution is -2.14. The third-order valence-corrected chi connectivity index (χ3v) is 8.15. The van der Waals surface area contributed by atoms with Gasteiger partial charge in [0.25, 0.3) is 11.6 Å². The molecule has 11 heteroatoms. The molecule has 1 N–H and O–H groups in total. The lowest BCUT2D eigenvalue weighted by atomic mass is 9.95. The fraction of sp³-hybridized carbons (Fsp3) is 0.154. The van der Waals surface area contributed by atoms with Crippen molar-refractivity contribution in [3.63, 3.8) is 0 Å². The maximum Gasteiger partial charge on any atom is 0.283 e. The summed E-state index contributed by atoms with van der Waals surface area (Å²) in [6.07, 6.45) is 8.57. The number of nitro groups is 1. The van der Waals surface area contributed by atoms with Crippen LogP contribution in [0.3, 0.4) is 0 Å². The van der Waals surface area contributed by atoms with Gasteiger partial charge in [0.1, 0.15) is 5.00 Å². The Morgan fingerprint density at radius 3 is 2.65 bits per heavy atom. The first kappa shape index (κ1) is 25.1. The molecule has 0 unspecified atom stereocenters. The standard InChI is InChI=1S/C26H20ClN5O3S2/c27-17-7-9-18(10-8-17)31-24(33)23-19-4-1-2-5-21(19)36-25(23)30-15-16-6-11-22(20(14-16)32(34)35)37-26-28-12-3-13-29-26/h3,6-15H,1-2,4-5H2,(H,31,33). The van der Waals surface area contributed by atoms with Crippen molar-refractivity contribution in [2.24, 2.45) is 4.99 Å². The summed E-state index contributed by atoms with van der Waals surface area (Å²) in [6.45, 7) is 0. The summed E-state index contributed by atoms with van der Waals surface area (Å²) in [5, 5.41) is 16.3. The number of fused-ring (bicyclic) bond motifs is 1. The summed E-state index contributed by atoms with van der Waals surface area (Å²) in [4.78, 5) is 39.1. The number of halogens is 1. The van der Waals surface area contributed by atoms with E-state index in [-0.39, 0.29) is 11.6 Å². The second-order valence-corrected chi connectivity index (χ2v) is 10.8. The Hall–Kier alpha value is -3.60. The largest absolute Gasteiger partial charge is 0.322 e. The van der Waals surface area contributed by atoms with E-state index in [0.29, 0.717) is 36.9 Å². The van der Waals surface area contributed by atoms with E-state index >= 15 is 0 Å². The second kappa shape index (κ2) is 11.2. The maximum atomic E-state index is 13.3. The highest BCUT2D eigenvalue weighted by Gasteiger charge is 2.25. The molecule has 37 heavy (non-hydrogen) atoms. The summed E-state index contributed by atoms with van der Waals surface area (Å²) >= 11 is 8.60. The van der Waals surface area contributed by atoms with Crippen LogP contribution in [0, 0.1) is 10.1 Å². The van der Waals surface area contributed by atoms with Gasteiger partial charge in [-0.25, -0.2) is 15.0 Å². The van der Waals surface area contributed by atoms with Gasteiger partial charge in [0, 0.05) is 40.3 Å². The molecule has 0 aliphatic heterocycles. The van der Waals surface area contributed by atoms with Crippen LogP contribution >= 0.6 is 34.7 Å². The van der Waals surface area contributed by atoms with E-state index in [1.807, 2.05) is 0 Å². The van der Waals surface area contributed by atoms with Crippen LogP contribution in [0.15, 0.2) is 76.0 Å². The zero-order valence-electron chi connectivity index (χ0n) is 19.4. The second-order valence-electron chi connectivity index (χ2n) is 8.23. The summed E-state index contributed by atoms with van der Waals surface area (Å²) in [7, 11) is 0. The number of aliphatic imine (C=N–C) groups is 1. The van der Waals surface area contributed by atoms with Gasteiger partial charge in [0.2, 0.25) is 0 Å². The van der Waals surface area contributed by atoms with Crippen LogP contribution in [-0.2, 0) is 12.8 Å². The van der Waals surface area contributed by atoms with Gasteiger partial charge >= 0.3 is 0 Å². The lowest BCUT2D eigenvalue weighted by Gasteiger charge is -2.12. The number of aryl methyl sites for hydroxylation is 1. The molecule has 2 heterocycles. The number of hydrogen-bond donors (Lipinski definition) is 1. The molecule has 2 aromatic carbocycles. The lowest BCUT2D eigenvalue weighted by molar-refractivity contribution is -0.387. The van der Waals surface area contributed by atoms with Crippen LogP contribution in [0.4, 0.5) is 16.4 Å². The van der Waals surface area contributed by atoms with Gasteiger partial charge in [-0.3, -0.25) is 14.9 Å². The smallest absolute Gasteiger partial charge is 0.283 e. The minimum Gasteiger partial charge on any atom is -0.322 e. The molecule has 5 rings (SSSR count). The molecule has 8 nitrogen and oxygen atoms in total. The summed E-state index contributed by atoms with van der Waals surface area (Å²) in [6, 6.07) is 13.5. The number of nitrogens with one attached hydrogen (secondary N) is 1. The Labute approximate surface area is 226 Å².